The van der Waals surface area contributed by atoms with Crippen LogP contribution in [0, 0.1) is 23.4 Å². The summed E-state index contributed by atoms with van der Waals surface area (Å²) >= 11 is 0. The lowest BCUT2D eigenvalue weighted by Gasteiger charge is -2.15. The zero-order valence-corrected chi connectivity index (χ0v) is 11.7. The molecule has 0 amide bonds. The summed E-state index contributed by atoms with van der Waals surface area (Å²) in [5, 5.41) is 8.79. The van der Waals surface area contributed by atoms with Gasteiger partial charge in [0.2, 0.25) is 10.0 Å². The number of halogens is 3. The number of aliphatic hydroxyl groups excluding tert-OH is 1. The third kappa shape index (κ3) is 4.19. The predicted molar refractivity (Wildman–Crippen MR) is 67.0 cm³/mol. The van der Waals surface area contributed by atoms with Crippen LogP contribution < -0.4 is 4.72 Å². The molecule has 0 aliphatic heterocycles. The molecule has 0 radical (unpaired) electrons. The summed E-state index contributed by atoms with van der Waals surface area (Å²) in [5.41, 5.74) is 0. The van der Waals surface area contributed by atoms with Gasteiger partial charge < -0.3 is 5.11 Å². The van der Waals surface area contributed by atoms with Gasteiger partial charge in [0.1, 0.15) is 17.5 Å². The van der Waals surface area contributed by atoms with Gasteiger partial charge in [-0.25, -0.2) is 26.3 Å². The molecule has 0 aliphatic rings. The first kappa shape index (κ1) is 16.9. The lowest BCUT2D eigenvalue weighted by molar-refractivity contribution is 0.254. The summed E-state index contributed by atoms with van der Waals surface area (Å²) in [7, 11) is -4.41. The van der Waals surface area contributed by atoms with Crippen LogP contribution in [0.3, 0.4) is 0 Å². The van der Waals surface area contributed by atoms with Crippen LogP contribution in [0.2, 0.25) is 0 Å². The molecule has 1 unspecified atom stereocenters. The molecule has 1 atom stereocenters. The predicted octanol–water partition coefficient (Wildman–Crippen LogP) is 1.79. The van der Waals surface area contributed by atoms with Crippen molar-refractivity contribution in [2.24, 2.45) is 5.92 Å². The van der Waals surface area contributed by atoms with Crippen LogP contribution in [-0.4, -0.2) is 26.7 Å². The molecule has 0 heterocycles. The highest BCUT2D eigenvalue weighted by Crippen LogP contribution is 2.20. The van der Waals surface area contributed by atoms with Crippen molar-refractivity contribution in [1.29, 1.82) is 0 Å². The highest BCUT2D eigenvalue weighted by atomic mass is 32.2. The fraction of sp³-hybridized carbons (Fsp3) is 0.500. The van der Waals surface area contributed by atoms with E-state index >= 15 is 0 Å². The molecule has 1 rings (SSSR count). The van der Waals surface area contributed by atoms with E-state index in [1.54, 1.807) is 6.92 Å². The Kier molecular flexibility index (Phi) is 5.97. The number of benzene rings is 1. The van der Waals surface area contributed by atoms with E-state index in [2.05, 4.69) is 4.72 Å². The Labute approximate surface area is 115 Å². The molecule has 0 aromatic heterocycles. The summed E-state index contributed by atoms with van der Waals surface area (Å²) < 4.78 is 65.3. The zero-order chi connectivity index (χ0) is 15.3. The molecule has 4 nitrogen and oxygen atoms in total. The van der Waals surface area contributed by atoms with Gasteiger partial charge in [-0.3, -0.25) is 0 Å². The van der Waals surface area contributed by atoms with E-state index < -0.39 is 32.4 Å². The minimum atomic E-state index is -4.41. The van der Waals surface area contributed by atoms with Crippen molar-refractivity contribution in [3.8, 4) is 0 Å². The van der Waals surface area contributed by atoms with E-state index in [9.17, 15) is 21.6 Å². The minimum absolute atomic E-state index is 0.0599. The molecule has 0 fully saturated rings. The van der Waals surface area contributed by atoms with Crippen molar-refractivity contribution in [1.82, 2.24) is 4.72 Å². The SMILES string of the molecule is CCC(CCO)CNS(=O)(=O)c1c(F)cc(F)cc1F. The molecule has 0 aliphatic carbocycles. The van der Waals surface area contributed by atoms with Crippen molar-refractivity contribution in [3.63, 3.8) is 0 Å². The third-order valence-corrected chi connectivity index (χ3v) is 4.38. The minimum Gasteiger partial charge on any atom is -0.396 e. The van der Waals surface area contributed by atoms with Crippen LogP contribution in [0.1, 0.15) is 19.8 Å². The van der Waals surface area contributed by atoms with Gasteiger partial charge in [-0.1, -0.05) is 13.3 Å². The van der Waals surface area contributed by atoms with Crippen molar-refractivity contribution in [2.75, 3.05) is 13.2 Å². The Morgan fingerprint density at radius 2 is 1.80 bits per heavy atom. The first-order chi connectivity index (χ1) is 9.31. The number of hydrogen-bond acceptors (Lipinski definition) is 3. The lowest BCUT2D eigenvalue weighted by Crippen LogP contribution is -2.31. The van der Waals surface area contributed by atoms with E-state index in [-0.39, 0.29) is 19.1 Å². The second-order valence-electron chi connectivity index (χ2n) is 4.34. The molecule has 0 spiro atoms. The summed E-state index contributed by atoms with van der Waals surface area (Å²) in [6.07, 6.45) is 0.963. The lowest BCUT2D eigenvalue weighted by atomic mass is 10.0. The van der Waals surface area contributed by atoms with Crippen LogP contribution in [-0.2, 0) is 10.0 Å². The van der Waals surface area contributed by atoms with Gasteiger partial charge in [0, 0.05) is 25.3 Å². The average Bonchev–Trinajstić information content (AvgIpc) is 2.32. The van der Waals surface area contributed by atoms with E-state index in [0.29, 0.717) is 25.0 Å². The molecule has 0 saturated carbocycles. The maximum Gasteiger partial charge on any atom is 0.246 e. The Morgan fingerprint density at radius 3 is 2.25 bits per heavy atom. The van der Waals surface area contributed by atoms with Crippen molar-refractivity contribution < 1.29 is 26.7 Å². The van der Waals surface area contributed by atoms with Crippen LogP contribution in [0.5, 0.6) is 0 Å². The van der Waals surface area contributed by atoms with E-state index in [1.165, 1.54) is 0 Å². The summed E-state index contributed by atoms with van der Waals surface area (Å²) in [5.74, 6) is -4.30. The van der Waals surface area contributed by atoms with E-state index in [4.69, 9.17) is 5.11 Å². The molecule has 20 heavy (non-hydrogen) atoms. The highest BCUT2D eigenvalue weighted by Gasteiger charge is 2.25. The fourth-order valence-electron chi connectivity index (χ4n) is 1.72. The summed E-state index contributed by atoms with van der Waals surface area (Å²) in [6, 6.07) is 0.616. The number of nitrogens with one attached hydrogen (secondary N) is 1. The molecule has 0 saturated heterocycles. The Hall–Kier alpha value is -1.12. The molecule has 1 aromatic rings. The molecular weight excluding hydrogens is 295 g/mol. The van der Waals surface area contributed by atoms with Crippen LogP contribution in [0.15, 0.2) is 17.0 Å². The summed E-state index contributed by atoms with van der Waals surface area (Å²) in [4.78, 5) is -1.20. The highest BCUT2D eigenvalue weighted by molar-refractivity contribution is 7.89. The van der Waals surface area contributed by atoms with Crippen LogP contribution in [0.25, 0.3) is 0 Å². The number of sulfonamides is 1. The van der Waals surface area contributed by atoms with Crippen molar-refractivity contribution >= 4 is 10.0 Å². The smallest absolute Gasteiger partial charge is 0.246 e. The number of hydrogen-bond donors (Lipinski definition) is 2. The normalized spacial score (nSPS) is 13.4. The Balaban J connectivity index is 2.95. The molecular formula is C12H16F3NO3S. The maximum atomic E-state index is 13.4. The van der Waals surface area contributed by atoms with E-state index in [1.807, 2.05) is 0 Å². The van der Waals surface area contributed by atoms with Gasteiger partial charge in [-0.15, -0.1) is 0 Å². The molecule has 0 bridgehead atoms. The second-order valence-corrected chi connectivity index (χ2v) is 6.04. The van der Waals surface area contributed by atoms with Crippen LogP contribution >= 0.6 is 0 Å². The molecule has 114 valence electrons. The average molecular weight is 311 g/mol. The maximum absolute atomic E-state index is 13.4. The monoisotopic (exact) mass is 311 g/mol. The van der Waals surface area contributed by atoms with Gasteiger partial charge in [-0.05, 0) is 12.3 Å². The number of rotatable bonds is 7. The standard InChI is InChI=1S/C12H16F3NO3S/c1-2-8(3-4-17)7-16-20(18,19)12-10(14)5-9(13)6-11(12)15/h5-6,8,16-17H,2-4,7H2,1H3. The Morgan fingerprint density at radius 1 is 1.25 bits per heavy atom. The van der Waals surface area contributed by atoms with Crippen molar-refractivity contribution in [3.05, 3.63) is 29.6 Å². The molecule has 8 heteroatoms. The van der Waals surface area contributed by atoms with Gasteiger partial charge >= 0.3 is 0 Å². The first-order valence-electron chi connectivity index (χ1n) is 6.06. The largest absolute Gasteiger partial charge is 0.396 e. The topological polar surface area (TPSA) is 66.4 Å². The third-order valence-electron chi connectivity index (χ3n) is 2.91. The fourth-order valence-corrected chi connectivity index (χ4v) is 2.95. The Bertz CT molecular complexity index is 540. The van der Waals surface area contributed by atoms with Crippen molar-refractivity contribution in [2.45, 2.75) is 24.7 Å². The van der Waals surface area contributed by atoms with E-state index in [0.717, 1.165) is 0 Å². The summed E-state index contributed by atoms with van der Waals surface area (Å²) in [6.45, 7) is 1.63. The van der Waals surface area contributed by atoms with Gasteiger partial charge in [-0.2, -0.15) is 0 Å². The first-order valence-corrected chi connectivity index (χ1v) is 7.55. The number of aliphatic hydroxyl groups is 1. The molecule has 2 N–H and O–H groups in total. The zero-order valence-electron chi connectivity index (χ0n) is 10.9. The van der Waals surface area contributed by atoms with Crippen LogP contribution in [0.4, 0.5) is 13.2 Å². The van der Waals surface area contributed by atoms with Gasteiger partial charge in [0.25, 0.3) is 0 Å². The van der Waals surface area contributed by atoms with Gasteiger partial charge in [0.15, 0.2) is 4.90 Å². The quantitative estimate of drug-likeness (QED) is 0.807. The molecule has 1 aromatic carbocycles. The second kappa shape index (κ2) is 7.05. The van der Waals surface area contributed by atoms with Gasteiger partial charge in [0.05, 0.1) is 0 Å².